The third-order valence-electron chi connectivity index (χ3n) is 7.56. The van der Waals surface area contributed by atoms with Crippen LogP contribution in [0.2, 0.25) is 0 Å². The Balaban J connectivity index is 1.42. The van der Waals surface area contributed by atoms with E-state index in [4.69, 9.17) is 4.74 Å². The van der Waals surface area contributed by atoms with Crippen molar-refractivity contribution >= 4 is 11.8 Å². The van der Waals surface area contributed by atoms with Crippen LogP contribution in [0.4, 0.5) is 0 Å². The van der Waals surface area contributed by atoms with E-state index in [2.05, 4.69) is 6.07 Å². The van der Waals surface area contributed by atoms with Crippen molar-refractivity contribution in [1.29, 1.82) is 0 Å². The molecular weight excluding hydrogens is 394 g/mol. The van der Waals surface area contributed by atoms with Gasteiger partial charge in [-0.15, -0.1) is 0 Å². The minimum atomic E-state index is -0.700. The fourth-order valence-corrected chi connectivity index (χ4v) is 6.08. The van der Waals surface area contributed by atoms with Crippen molar-refractivity contribution in [2.45, 2.75) is 50.8 Å². The van der Waals surface area contributed by atoms with Crippen LogP contribution in [0.3, 0.4) is 0 Å². The summed E-state index contributed by atoms with van der Waals surface area (Å²) in [6.07, 6.45) is 5.69. The second kappa shape index (κ2) is 6.53. The zero-order chi connectivity index (χ0) is 21.3. The first kappa shape index (κ1) is 18.8. The molecular formula is C24H25N3O4. The van der Waals surface area contributed by atoms with Crippen LogP contribution in [-0.4, -0.2) is 57.6 Å². The Kier molecular flexibility index (Phi) is 3.96. The van der Waals surface area contributed by atoms with Gasteiger partial charge < -0.3 is 14.5 Å². The SMILES string of the molecule is Cc1ccn(-c2cccc3c2CCC3)c(=O)c1C(=O)N1CC[C@@]23OCCN2C(=O)C[C@@H]13. The Labute approximate surface area is 180 Å². The fraction of sp³-hybridized carbons (Fsp3) is 0.458. The monoisotopic (exact) mass is 419 g/mol. The first-order chi connectivity index (χ1) is 15.0. The topological polar surface area (TPSA) is 71.9 Å². The number of rotatable bonds is 2. The van der Waals surface area contributed by atoms with Gasteiger partial charge in [-0.05, 0) is 55.0 Å². The van der Waals surface area contributed by atoms with Crippen molar-refractivity contribution in [3.05, 3.63) is 63.1 Å². The largest absolute Gasteiger partial charge is 0.351 e. The fourth-order valence-electron chi connectivity index (χ4n) is 6.08. The number of aromatic nitrogens is 1. The highest BCUT2D eigenvalue weighted by atomic mass is 16.5. The molecule has 160 valence electrons. The van der Waals surface area contributed by atoms with Gasteiger partial charge in [0, 0.05) is 25.7 Å². The van der Waals surface area contributed by atoms with Crippen LogP contribution in [0.25, 0.3) is 5.69 Å². The number of nitrogens with zero attached hydrogens (tertiary/aromatic N) is 3. The Morgan fingerprint density at radius 2 is 2.03 bits per heavy atom. The van der Waals surface area contributed by atoms with Crippen molar-refractivity contribution in [3.8, 4) is 5.69 Å². The molecule has 1 aromatic carbocycles. The zero-order valence-electron chi connectivity index (χ0n) is 17.6. The molecule has 0 N–H and O–H groups in total. The lowest BCUT2D eigenvalue weighted by Gasteiger charge is -2.31. The second-order valence-electron chi connectivity index (χ2n) is 9.02. The van der Waals surface area contributed by atoms with E-state index in [1.807, 2.05) is 18.2 Å². The van der Waals surface area contributed by atoms with E-state index in [-0.39, 0.29) is 35.4 Å². The average Bonchev–Trinajstić information content (AvgIpc) is 3.50. The molecule has 0 saturated carbocycles. The number of fused-ring (bicyclic) bond motifs is 1. The molecule has 3 fully saturated rings. The van der Waals surface area contributed by atoms with E-state index in [1.54, 1.807) is 27.5 Å². The predicted molar refractivity (Wildman–Crippen MR) is 113 cm³/mol. The molecule has 4 aliphatic rings. The molecule has 7 nitrogen and oxygen atoms in total. The summed E-state index contributed by atoms with van der Waals surface area (Å²) in [5, 5.41) is 0. The third-order valence-corrected chi connectivity index (χ3v) is 7.56. The summed E-state index contributed by atoms with van der Waals surface area (Å²) in [6, 6.07) is 7.56. The minimum Gasteiger partial charge on any atom is -0.351 e. The predicted octanol–water partition coefficient (Wildman–Crippen LogP) is 1.81. The number of ether oxygens (including phenoxy) is 1. The summed E-state index contributed by atoms with van der Waals surface area (Å²) in [5.74, 6) is -0.265. The van der Waals surface area contributed by atoms with Gasteiger partial charge in [-0.25, -0.2) is 0 Å². The van der Waals surface area contributed by atoms with Crippen LogP contribution in [-0.2, 0) is 22.4 Å². The number of hydrogen-bond acceptors (Lipinski definition) is 4. The summed E-state index contributed by atoms with van der Waals surface area (Å²) in [6.45, 7) is 3.37. The van der Waals surface area contributed by atoms with Crippen molar-refractivity contribution < 1.29 is 14.3 Å². The number of carbonyl (C=O) groups is 2. The van der Waals surface area contributed by atoms with Crippen LogP contribution < -0.4 is 5.56 Å². The lowest BCUT2D eigenvalue weighted by Crippen LogP contribution is -2.49. The van der Waals surface area contributed by atoms with Crippen molar-refractivity contribution in [3.63, 3.8) is 0 Å². The molecule has 3 saturated heterocycles. The Hall–Kier alpha value is -2.93. The molecule has 3 aliphatic heterocycles. The molecule has 2 amide bonds. The molecule has 2 atom stereocenters. The quantitative estimate of drug-likeness (QED) is 0.744. The normalized spacial score (nSPS) is 26.4. The minimum absolute atomic E-state index is 0.0297. The number of likely N-dealkylation sites (tertiary alicyclic amines) is 1. The van der Waals surface area contributed by atoms with E-state index in [0.717, 1.165) is 24.9 Å². The molecule has 2 aromatic rings. The second-order valence-corrected chi connectivity index (χ2v) is 9.02. The molecule has 1 spiro atoms. The summed E-state index contributed by atoms with van der Waals surface area (Å²) in [7, 11) is 0. The van der Waals surface area contributed by atoms with Gasteiger partial charge in [0.15, 0.2) is 5.72 Å². The van der Waals surface area contributed by atoms with Gasteiger partial charge in [-0.1, -0.05) is 12.1 Å². The Morgan fingerprint density at radius 3 is 2.90 bits per heavy atom. The number of benzene rings is 1. The first-order valence-corrected chi connectivity index (χ1v) is 11.1. The molecule has 0 unspecified atom stereocenters. The highest BCUT2D eigenvalue weighted by molar-refractivity contribution is 5.97. The van der Waals surface area contributed by atoms with Gasteiger partial charge >= 0.3 is 0 Å². The molecule has 7 heteroatoms. The molecule has 31 heavy (non-hydrogen) atoms. The lowest BCUT2D eigenvalue weighted by atomic mass is 10.0. The van der Waals surface area contributed by atoms with Gasteiger partial charge in [0.05, 0.1) is 24.8 Å². The highest BCUT2D eigenvalue weighted by Gasteiger charge is 2.63. The van der Waals surface area contributed by atoms with Crippen LogP contribution in [0.1, 0.15) is 46.3 Å². The van der Waals surface area contributed by atoms with Crippen molar-refractivity contribution in [2.24, 2.45) is 0 Å². The summed E-state index contributed by atoms with van der Waals surface area (Å²) in [4.78, 5) is 43.2. The standard InChI is InChI=1S/C24H25N3O4/c1-15-8-10-25(18-7-3-5-16-4-2-6-17(16)18)22(29)21(15)23(30)26-11-9-24-19(26)14-20(28)27(24)12-13-31-24/h3,5,7-8,10,19H,2,4,6,9,11-14H2,1H3/t19-,24+/m1/s1. The number of aryl methyl sites for hydroxylation is 2. The Bertz CT molecular complexity index is 1190. The van der Waals surface area contributed by atoms with Crippen molar-refractivity contribution in [2.75, 3.05) is 19.7 Å². The number of amides is 2. The van der Waals surface area contributed by atoms with E-state index in [1.165, 1.54) is 11.1 Å². The number of hydrogen-bond donors (Lipinski definition) is 0. The van der Waals surface area contributed by atoms with Crippen LogP contribution >= 0.6 is 0 Å². The molecule has 1 aromatic heterocycles. The molecule has 6 rings (SSSR count). The number of pyridine rings is 1. The van der Waals surface area contributed by atoms with E-state index < -0.39 is 5.72 Å². The van der Waals surface area contributed by atoms with Gasteiger partial charge in [0.1, 0.15) is 5.56 Å². The lowest BCUT2D eigenvalue weighted by molar-refractivity contribution is -0.136. The Morgan fingerprint density at radius 1 is 1.16 bits per heavy atom. The number of carbonyl (C=O) groups excluding carboxylic acids is 2. The van der Waals surface area contributed by atoms with Crippen LogP contribution in [0.15, 0.2) is 35.3 Å². The molecule has 4 heterocycles. The van der Waals surface area contributed by atoms with Gasteiger partial charge in [0.25, 0.3) is 11.5 Å². The molecule has 1 aliphatic carbocycles. The molecule has 0 bridgehead atoms. The van der Waals surface area contributed by atoms with E-state index in [9.17, 15) is 14.4 Å². The van der Waals surface area contributed by atoms with Gasteiger partial charge in [-0.3, -0.25) is 19.0 Å². The summed E-state index contributed by atoms with van der Waals surface area (Å²) >= 11 is 0. The first-order valence-electron chi connectivity index (χ1n) is 11.1. The zero-order valence-corrected chi connectivity index (χ0v) is 17.6. The van der Waals surface area contributed by atoms with Gasteiger partial charge in [0.2, 0.25) is 5.91 Å². The summed E-state index contributed by atoms with van der Waals surface area (Å²) < 4.78 is 7.63. The maximum Gasteiger partial charge on any atom is 0.268 e. The highest BCUT2D eigenvalue weighted by Crippen LogP contribution is 2.45. The van der Waals surface area contributed by atoms with Crippen molar-refractivity contribution in [1.82, 2.24) is 14.4 Å². The van der Waals surface area contributed by atoms with Crippen LogP contribution in [0.5, 0.6) is 0 Å². The maximum atomic E-state index is 13.7. The van der Waals surface area contributed by atoms with Crippen LogP contribution in [0, 0.1) is 6.92 Å². The van der Waals surface area contributed by atoms with E-state index >= 15 is 0 Å². The smallest absolute Gasteiger partial charge is 0.268 e. The maximum absolute atomic E-state index is 13.7. The summed E-state index contributed by atoms with van der Waals surface area (Å²) in [5.41, 5.74) is 3.21. The van der Waals surface area contributed by atoms with Gasteiger partial charge in [-0.2, -0.15) is 0 Å². The average molecular weight is 419 g/mol. The molecule has 0 radical (unpaired) electrons. The van der Waals surface area contributed by atoms with E-state index in [0.29, 0.717) is 31.7 Å². The third kappa shape index (κ3) is 2.47.